The minimum atomic E-state index is 0. The summed E-state index contributed by atoms with van der Waals surface area (Å²) < 4.78 is 0. The van der Waals surface area contributed by atoms with E-state index < -0.39 is 0 Å². The molecule has 1 atom stereocenters. The second kappa shape index (κ2) is 13.9. The van der Waals surface area contributed by atoms with Gasteiger partial charge in [-0.15, -0.1) is 24.0 Å². The van der Waals surface area contributed by atoms with Gasteiger partial charge in [-0.05, 0) is 49.8 Å². The molecule has 3 rings (SSSR count). The zero-order valence-corrected chi connectivity index (χ0v) is 21.6. The summed E-state index contributed by atoms with van der Waals surface area (Å²) in [6.45, 7) is 7.83. The molecule has 1 fully saturated rings. The van der Waals surface area contributed by atoms with E-state index >= 15 is 0 Å². The Morgan fingerprint density at radius 1 is 1.13 bits per heavy atom. The third kappa shape index (κ3) is 7.93. The molecule has 1 saturated heterocycles. The molecule has 1 unspecified atom stereocenters. The van der Waals surface area contributed by atoms with E-state index in [1.165, 1.54) is 43.4 Å². The van der Waals surface area contributed by atoms with Crippen molar-refractivity contribution in [1.82, 2.24) is 20.4 Å². The Hall–Kier alpha value is -1.35. The highest BCUT2D eigenvalue weighted by Gasteiger charge is 2.21. The van der Waals surface area contributed by atoms with Gasteiger partial charge in [-0.3, -0.25) is 14.7 Å². The molecule has 6 nitrogen and oxygen atoms in total. The number of carbonyl (C=O) groups excluding carboxylic acids is 1. The predicted octanol–water partition coefficient (Wildman–Crippen LogP) is 3.40. The molecule has 0 aliphatic carbocycles. The zero-order chi connectivity index (χ0) is 21.2. The van der Waals surface area contributed by atoms with Crippen LogP contribution < -0.4 is 10.6 Å². The van der Waals surface area contributed by atoms with Gasteiger partial charge in [-0.25, -0.2) is 0 Å². The third-order valence-corrected chi connectivity index (χ3v) is 6.48. The number of amides is 1. The summed E-state index contributed by atoms with van der Waals surface area (Å²) in [5, 5.41) is 6.78. The number of aliphatic imine (C=N–C) groups is 1. The first-order chi connectivity index (χ1) is 14.7. The van der Waals surface area contributed by atoms with Crippen LogP contribution in [0.1, 0.15) is 56.6 Å². The number of guanidine groups is 1. The fraction of sp³-hybridized carbons (Fsp3) is 0.667. The Kier molecular flexibility index (Phi) is 11.6. The van der Waals surface area contributed by atoms with Crippen LogP contribution in [0.4, 0.5) is 0 Å². The quantitative estimate of drug-likeness (QED) is 0.229. The SMILES string of the molecule is CCC1CCCCN1CCNC(=NC)NCCCC(=O)N1CCc2ccccc2C1.I. The van der Waals surface area contributed by atoms with Gasteiger partial charge in [0.05, 0.1) is 0 Å². The first-order valence-corrected chi connectivity index (χ1v) is 11.7. The Balaban J connectivity index is 0.00000341. The number of nitrogens with zero attached hydrogens (tertiary/aromatic N) is 3. The molecule has 0 radical (unpaired) electrons. The van der Waals surface area contributed by atoms with Crippen molar-refractivity contribution in [2.45, 2.75) is 64.5 Å². The summed E-state index contributed by atoms with van der Waals surface area (Å²) >= 11 is 0. The topological polar surface area (TPSA) is 60.0 Å². The second-order valence-electron chi connectivity index (χ2n) is 8.46. The number of likely N-dealkylation sites (tertiary alicyclic amines) is 1. The van der Waals surface area contributed by atoms with Crippen LogP contribution in [-0.4, -0.2) is 67.5 Å². The second-order valence-corrected chi connectivity index (χ2v) is 8.46. The van der Waals surface area contributed by atoms with E-state index in [2.05, 4.69) is 51.7 Å². The summed E-state index contributed by atoms with van der Waals surface area (Å²) in [5.41, 5.74) is 2.67. The van der Waals surface area contributed by atoms with Crippen molar-refractivity contribution in [3.8, 4) is 0 Å². The van der Waals surface area contributed by atoms with Crippen LogP contribution in [0.5, 0.6) is 0 Å². The molecule has 1 amide bonds. The number of halogens is 1. The molecule has 1 aromatic rings. The number of benzene rings is 1. The summed E-state index contributed by atoms with van der Waals surface area (Å²) in [4.78, 5) is 21.5. The van der Waals surface area contributed by atoms with E-state index in [1.54, 1.807) is 7.05 Å². The van der Waals surface area contributed by atoms with Crippen LogP contribution in [0, 0.1) is 0 Å². The molecule has 0 aromatic heterocycles. The van der Waals surface area contributed by atoms with Gasteiger partial charge < -0.3 is 15.5 Å². The number of hydrogen-bond acceptors (Lipinski definition) is 3. The molecular formula is C24H40IN5O. The molecule has 31 heavy (non-hydrogen) atoms. The van der Waals surface area contributed by atoms with E-state index in [0.29, 0.717) is 6.42 Å². The highest BCUT2D eigenvalue weighted by atomic mass is 127. The van der Waals surface area contributed by atoms with Crippen molar-refractivity contribution in [2.75, 3.05) is 39.8 Å². The van der Waals surface area contributed by atoms with E-state index in [9.17, 15) is 4.79 Å². The number of nitrogens with one attached hydrogen (secondary N) is 2. The van der Waals surface area contributed by atoms with Gasteiger partial charge in [0.25, 0.3) is 0 Å². The Morgan fingerprint density at radius 2 is 1.90 bits per heavy atom. The maximum absolute atomic E-state index is 12.6. The maximum atomic E-state index is 12.6. The molecule has 2 heterocycles. The highest BCUT2D eigenvalue weighted by Crippen LogP contribution is 2.19. The minimum Gasteiger partial charge on any atom is -0.356 e. The zero-order valence-electron chi connectivity index (χ0n) is 19.2. The average molecular weight is 542 g/mol. The van der Waals surface area contributed by atoms with Crippen molar-refractivity contribution in [1.29, 1.82) is 0 Å². The van der Waals surface area contributed by atoms with Crippen molar-refractivity contribution in [3.05, 3.63) is 35.4 Å². The van der Waals surface area contributed by atoms with Crippen LogP contribution in [0.25, 0.3) is 0 Å². The van der Waals surface area contributed by atoms with Crippen molar-refractivity contribution < 1.29 is 4.79 Å². The Labute approximate surface area is 205 Å². The standard InChI is InChI=1S/C24H39N5O.HI/c1-3-22-11-6-7-16-28(22)18-15-27-24(25-2)26-14-8-12-23(30)29-17-13-20-9-4-5-10-21(20)19-29;/h4-5,9-10,22H,3,6-8,11-19H2,1-2H3,(H2,25,26,27);1H. The summed E-state index contributed by atoms with van der Waals surface area (Å²) in [5.74, 6) is 1.09. The van der Waals surface area contributed by atoms with Crippen LogP contribution in [0.15, 0.2) is 29.3 Å². The molecule has 0 saturated carbocycles. The first-order valence-electron chi connectivity index (χ1n) is 11.7. The lowest BCUT2D eigenvalue weighted by Gasteiger charge is -2.35. The lowest BCUT2D eigenvalue weighted by atomic mass is 9.99. The summed E-state index contributed by atoms with van der Waals surface area (Å²) in [6, 6.07) is 9.19. The monoisotopic (exact) mass is 541 g/mol. The number of fused-ring (bicyclic) bond motifs is 1. The first kappa shape index (κ1) is 25.9. The fourth-order valence-electron chi connectivity index (χ4n) is 4.67. The largest absolute Gasteiger partial charge is 0.356 e. The summed E-state index contributed by atoms with van der Waals surface area (Å²) in [6.07, 6.45) is 7.63. The van der Waals surface area contributed by atoms with E-state index in [1.807, 2.05) is 4.90 Å². The molecule has 1 aromatic carbocycles. The smallest absolute Gasteiger partial charge is 0.222 e. The number of rotatable bonds is 8. The lowest BCUT2D eigenvalue weighted by molar-refractivity contribution is -0.132. The predicted molar refractivity (Wildman–Crippen MR) is 139 cm³/mol. The highest BCUT2D eigenvalue weighted by molar-refractivity contribution is 14.0. The molecule has 0 spiro atoms. The van der Waals surface area contributed by atoms with Gasteiger partial charge in [0.15, 0.2) is 5.96 Å². The summed E-state index contributed by atoms with van der Waals surface area (Å²) in [7, 11) is 1.81. The molecule has 174 valence electrons. The van der Waals surface area contributed by atoms with Gasteiger partial charge >= 0.3 is 0 Å². The Morgan fingerprint density at radius 3 is 2.68 bits per heavy atom. The molecular weight excluding hydrogens is 501 g/mol. The minimum absolute atomic E-state index is 0. The maximum Gasteiger partial charge on any atom is 0.222 e. The number of piperidine rings is 1. The van der Waals surface area contributed by atoms with Crippen LogP contribution in [-0.2, 0) is 17.8 Å². The van der Waals surface area contributed by atoms with Gasteiger partial charge in [0.2, 0.25) is 5.91 Å². The molecule has 7 heteroatoms. The normalized spacial score (nSPS) is 19.4. The third-order valence-electron chi connectivity index (χ3n) is 6.48. The van der Waals surface area contributed by atoms with Crippen molar-refractivity contribution in [3.63, 3.8) is 0 Å². The number of hydrogen-bond donors (Lipinski definition) is 2. The molecule has 2 N–H and O–H groups in total. The molecule has 0 bridgehead atoms. The molecule has 2 aliphatic heterocycles. The Bertz CT molecular complexity index is 711. The van der Waals surface area contributed by atoms with E-state index in [-0.39, 0.29) is 29.9 Å². The average Bonchev–Trinajstić information content (AvgIpc) is 2.80. The number of carbonyl (C=O) groups is 1. The molecule has 2 aliphatic rings. The van der Waals surface area contributed by atoms with Gasteiger partial charge in [0.1, 0.15) is 0 Å². The lowest BCUT2D eigenvalue weighted by Crippen LogP contribution is -2.46. The van der Waals surface area contributed by atoms with Crippen LogP contribution in [0.2, 0.25) is 0 Å². The van der Waals surface area contributed by atoms with E-state index in [0.717, 1.165) is 57.6 Å². The van der Waals surface area contributed by atoms with Crippen LogP contribution in [0.3, 0.4) is 0 Å². The van der Waals surface area contributed by atoms with Crippen molar-refractivity contribution in [2.24, 2.45) is 4.99 Å². The van der Waals surface area contributed by atoms with Gasteiger partial charge in [-0.1, -0.05) is 37.6 Å². The van der Waals surface area contributed by atoms with Crippen LogP contribution >= 0.6 is 24.0 Å². The van der Waals surface area contributed by atoms with Crippen molar-refractivity contribution >= 4 is 35.8 Å². The fourth-order valence-corrected chi connectivity index (χ4v) is 4.67. The van der Waals surface area contributed by atoms with Gasteiger partial charge in [-0.2, -0.15) is 0 Å². The van der Waals surface area contributed by atoms with E-state index in [4.69, 9.17) is 0 Å². The van der Waals surface area contributed by atoms with Gasteiger partial charge in [0, 0.05) is 52.2 Å².